The molecule has 3 heterocycles. The Morgan fingerprint density at radius 2 is 1.80 bits per heavy atom. The van der Waals surface area contributed by atoms with E-state index in [4.69, 9.17) is 4.74 Å². The average Bonchev–Trinajstić information content (AvgIpc) is 3.16. The Balaban J connectivity index is 1.27. The fraction of sp³-hybridized carbons (Fsp3) is 0.348. The maximum absolute atomic E-state index is 11.0. The van der Waals surface area contributed by atoms with Crippen molar-refractivity contribution in [3.63, 3.8) is 0 Å². The van der Waals surface area contributed by atoms with Crippen LogP contribution in [-0.4, -0.2) is 57.2 Å². The average molecular weight is 406 g/mol. The summed E-state index contributed by atoms with van der Waals surface area (Å²) < 4.78 is 5.80. The number of aliphatic hydroxyl groups is 1. The van der Waals surface area contributed by atoms with E-state index in [-0.39, 0.29) is 0 Å². The summed E-state index contributed by atoms with van der Waals surface area (Å²) in [7, 11) is 2.03. The van der Waals surface area contributed by atoms with E-state index in [9.17, 15) is 5.11 Å². The van der Waals surface area contributed by atoms with Crippen LogP contribution in [0.3, 0.4) is 0 Å². The van der Waals surface area contributed by atoms with Crippen LogP contribution >= 0.6 is 0 Å². The Bertz CT molecular complexity index is 923. The van der Waals surface area contributed by atoms with Gasteiger partial charge in [-0.2, -0.15) is 0 Å². The second-order valence-corrected chi connectivity index (χ2v) is 7.87. The van der Waals surface area contributed by atoms with Crippen LogP contribution in [0.5, 0.6) is 5.75 Å². The highest BCUT2D eigenvalue weighted by Crippen LogP contribution is 2.25. The molecule has 1 aliphatic heterocycles. The quantitative estimate of drug-likeness (QED) is 0.617. The van der Waals surface area contributed by atoms with Gasteiger partial charge in [0.2, 0.25) is 5.95 Å². The van der Waals surface area contributed by atoms with Gasteiger partial charge in [-0.3, -0.25) is 9.88 Å². The summed E-state index contributed by atoms with van der Waals surface area (Å²) in [5, 5.41) is 11.0. The lowest BCUT2D eigenvalue weighted by atomic mass is 10.0. The molecule has 1 saturated heterocycles. The minimum Gasteiger partial charge on any atom is -0.487 e. The molecule has 0 amide bonds. The van der Waals surface area contributed by atoms with Crippen molar-refractivity contribution >= 4 is 5.95 Å². The van der Waals surface area contributed by atoms with E-state index in [2.05, 4.69) is 32.0 Å². The summed E-state index contributed by atoms with van der Waals surface area (Å²) >= 11 is 0. The van der Waals surface area contributed by atoms with Crippen LogP contribution < -0.4 is 9.64 Å². The van der Waals surface area contributed by atoms with Crippen molar-refractivity contribution in [1.82, 2.24) is 19.9 Å². The fourth-order valence-electron chi connectivity index (χ4n) is 3.81. The summed E-state index contributed by atoms with van der Waals surface area (Å²) in [4.78, 5) is 17.0. The number of ether oxygens (including phenoxy) is 1. The van der Waals surface area contributed by atoms with E-state index in [1.54, 1.807) is 24.7 Å². The first-order valence-corrected chi connectivity index (χ1v) is 10.1. The lowest BCUT2D eigenvalue weighted by Gasteiger charge is -2.29. The number of rotatable bonds is 8. The van der Waals surface area contributed by atoms with E-state index in [0.29, 0.717) is 32.1 Å². The van der Waals surface area contributed by atoms with Crippen molar-refractivity contribution in [3.8, 4) is 5.75 Å². The molecule has 0 unspecified atom stereocenters. The minimum atomic E-state index is -0.764. The predicted octanol–water partition coefficient (Wildman–Crippen LogP) is 2.52. The lowest BCUT2D eigenvalue weighted by Crippen LogP contribution is -2.43. The Morgan fingerprint density at radius 3 is 2.53 bits per heavy atom. The molecule has 0 spiro atoms. The van der Waals surface area contributed by atoms with E-state index in [1.165, 1.54) is 5.56 Å². The summed E-state index contributed by atoms with van der Waals surface area (Å²) in [5.41, 5.74) is 1.31. The van der Waals surface area contributed by atoms with E-state index >= 15 is 0 Å². The molecule has 7 nitrogen and oxygen atoms in total. The van der Waals surface area contributed by atoms with Gasteiger partial charge in [0.1, 0.15) is 12.4 Å². The number of benzene rings is 1. The number of pyridine rings is 1. The molecule has 0 saturated carbocycles. The Morgan fingerprint density at radius 1 is 1.03 bits per heavy atom. The third-order valence-corrected chi connectivity index (χ3v) is 5.22. The maximum atomic E-state index is 11.0. The van der Waals surface area contributed by atoms with Crippen LogP contribution in [0.25, 0.3) is 0 Å². The summed E-state index contributed by atoms with van der Waals surface area (Å²) in [6.07, 6.45) is 5.93. The zero-order valence-corrected chi connectivity index (χ0v) is 17.2. The molecule has 30 heavy (non-hydrogen) atoms. The van der Waals surface area contributed by atoms with Gasteiger partial charge in [0.15, 0.2) is 0 Å². The molecule has 1 atom stereocenters. The highest BCUT2D eigenvalue weighted by molar-refractivity contribution is 5.32. The molecule has 0 aliphatic carbocycles. The van der Waals surface area contributed by atoms with Crippen molar-refractivity contribution in [2.75, 3.05) is 31.6 Å². The second kappa shape index (κ2) is 9.19. The Hall–Kier alpha value is -3.03. The number of hydrogen-bond acceptors (Lipinski definition) is 7. The molecule has 1 fully saturated rings. The Kier molecular flexibility index (Phi) is 6.21. The standard InChI is InChI=1S/C23H27N5O2/c1-27(17-23(29)10-14-28(18-23)22-25-12-4-13-26-22)15-19-6-8-21(9-7-19)30-16-20-5-2-3-11-24-20/h2-9,11-13,29H,10,14-18H2,1H3/t23-/m0/s1. The monoisotopic (exact) mass is 405 g/mol. The predicted molar refractivity (Wildman–Crippen MR) is 115 cm³/mol. The van der Waals surface area contributed by atoms with Gasteiger partial charge in [-0.05, 0) is 49.4 Å². The topological polar surface area (TPSA) is 74.6 Å². The van der Waals surface area contributed by atoms with E-state index in [1.807, 2.05) is 42.3 Å². The number of likely N-dealkylation sites (N-methyl/N-ethyl adjacent to an activating group) is 1. The van der Waals surface area contributed by atoms with Crippen molar-refractivity contribution in [2.24, 2.45) is 0 Å². The number of nitrogens with zero attached hydrogens (tertiary/aromatic N) is 5. The number of anilines is 1. The van der Waals surface area contributed by atoms with Crippen LogP contribution in [0.2, 0.25) is 0 Å². The first-order valence-electron chi connectivity index (χ1n) is 10.1. The van der Waals surface area contributed by atoms with Gasteiger partial charge < -0.3 is 14.7 Å². The van der Waals surface area contributed by atoms with Crippen molar-refractivity contribution < 1.29 is 9.84 Å². The smallest absolute Gasteiger partial charge is 0.225 e. The van der Waals surface area contributed by atoms with Crippen molar-refractivity contribution in [2.45, 2.75) is 25.2 Å². The Labute approximate surface area is 177 Å². The van der Waals surface area contributed by atoms with Gasteiger partial charge in [-0.25, -0.2) is 9.97 Å². The molecular formula is C23H27N5O2. The summed E-state index contributed by atoms with van der Waals surface area (Å²) in [5.74, 6) is 1.50. The van der Waals surface area contributed by atoms with Gasteiger partial charge >= 0.3 is 0 Å². The van der Waals surface area contributed by atoms with Crippen molar-refractivity contribution in [1.29, 1.82) is 0 Å². The van der Waals surface area contributed by atoms with Crippen molar-refractivity contribution in [3.05, 3.63) is 78.4 Å². The van der Waals surface area contributed by atoms with Gasteiger partial charge in [0.25, 0.3) is 0 Å². The highest BCUT2D eigenvalue weighted by Gasteiger charge is 2.37. The number of aromatic nitrogens is 3. The van der Waals surface area contributed by atoms with Crippen LogP contribution in [0, 0.1) is 0 Å². The molecule has 1 N–H and O–H groups in total. The van der Waals surface area contributed by atoms with Crippen LogP contribution in [0.4, 0.5) is 5.95 Å². The third kappa shape index (κ3) is 5.31. The second-order valence-electron chi connectivity index (χ2n) is 7.87. The molecular weight excluding hydrogens is 378 g/mol. The molecule has 7 heteroatoms. The van der Waals surface area contributed by atoms with Crippen LogP contribution in [0.15, 0.2) is 67.1 Å². The molecule has 1 aliphatic rings. The molecule has 4 rings (SSSR count). The molecule has 0 bridgehead atoms. The highest BCUT2D eigenvalue weighted by atomic mass is 16.5. The molecule has 1 aromatic carbocycles. The summed E-state index contributed by atoms with van der Waals surface area (Å²) in [6, 6.07) is 15.7. The van der Waals surface area contributed by atoms with Crippen LogP contribution in [-0.2, 0) is 13.2 Å². The molecule has 156 valence electrons. The van der Waals surface area contributed by atoms with Crippen LogP contribution in [0.1, 0.15) is 17.7 Å². The molecule has 2 aromatic heterocycles. The number of β-amino-alcohol motifs (C(OH)–C–C–N with tert-alkyl or cyclic N) is 1. The van der Waals surface area contributed by atoms with Gasteiger partial charge in [-0.1, -0.05) is 18.2 Å². The molecule has 0 radical (unpaired) electrons. The lowest BCUT2D eigenvalue weighted by molar-refractivity contribution is 0.0279. The summed E-state index contributed by atoms with van der Waals surface area (Å²) in [6.45, 7) is 3.10. The fourth-order valence-corrected chi connectivity index (χ4v) is 3.81. The zero-order valence-electron chi connectivity index (χ0n) is 17.2. The first-order chi connectivity index (χ1) is 14.6. The van der Waals surface area contributed by atoms with E-state index in [0.717, 1.165) is 24.5 Å². The first kappa shape index (κ1) is 20.3. The van der Waals surface area contributed by atoms with Gasteiger partial charge in [0, 0.05) is 38.2 Å². The largest absolute Gasteiger partial charge is 0.487 e. The normalized spacial score (nSPS) is 18.7. The zero-order chi connectivity index (χ0) is 20.8. The van der Waals surface area contributed by atoms with Gasteiger partial charge in [0.05, 0.1) is 17.8 Å². The third-order valence-electron chi connectivity index (χ3n) is 5.22. The maximum Gasteiger partial charge on any atom is 0.225 e. The van der Waals surface area contributed by atoms with E-state index < -0.39 is 5.60 Å². The minimum absolute atomic E-state index is 0.453. The molecule has 3 aromatic rings. The van der Waals surface area contributed by atoms with Gasteiger partial charge in [-0.15, -0.1) is 0 Å². The number of hydrogen-bond donors (Lipinski definition) is 1. The SMILES string of the molecule is CN(Cc1ccc(OCc2ccccn2)cc1)C[C@@]1(O)CCN(c2ncccn2)C1.